The van der Waals surface area contributed by atoms with Crippen LogP contribution in [0.15, 0.2) is 34.7 Å². The number of benzene rings is 1. The zero-order chi connectivity index (χ0) is 18.7. The summed E-state index contributed by atoms with van der Waals surface area (Å²) < 4.78 is 0. The zero-order valence-corrected chi connectivity index (χ0v) is 16.2. The van der Waals surface area contributed by atoms with Crippen molar-refractivity contribution in [3.05, 3.63) is 50.9 Å². The van der Waals surface area contributed by atoms with Crippen molar-refractivity contribution < 1.29 is 9.90 Å². The van der Waals surface area contributed by atoms with Gasteiger partial charge >= 0.3 is 0 Å². The molecule has 0 saturated heterocycles. The third kappa shape index (κ3) is 4.33. The second-order valence-electron chi connectivity index (χ2n) is 5.75. The number of carbonyl (C=O) groups is 1. The number of thiazole rings is 2. The van der Waals surface area contributed by atoms with Gasteiger partial charge in [0.2, 0.25) is 5.91 Å². The van der Waals surface area contributed by atoms with Crippen LogP contribution in [0.2, 0.25) is 0 Å². The summed E-state index contributed by atoms with van der Waals surface area (Å²) in [5.41, 5.74) is 5.81. The molecular weight excluding hydrogens is 368 g/mol. The second-order valence-corrected chi connectivity index (χ2v) is 7.81. The van der Waals surface area contributed by atoms with Gasteiger partial charge in [-0.1, -0.05) is 0 Å². The standard InChI is InChI=1S/C18H18N4O2S2/c1-10-17(26-18(19-10)13-4-6-15(23)7-5-13)11(2)21-22-16(24)8-14-9-25-12(3)20-14/h4-7,9,23H,8H2,1-3H3,(H,22,24)/b21-11+. The lowest BCUT2D eigenvalue weighted by atomic mass is 10.2. The number of carbonyl (C=O) groups excluding carboxylic acids is 1. The van der Waals surface area contributed by atoms with Gasteiger partial charge in [-0.15, -0.1) is 22.7 Å². The van der Waals surface area contributed by atoms with E-state index in [-0.39, 0.29) is 18.1 Å². The number of nitrogens with one attached hydrogen (secondary N) is 1. The predicted octanol–water partition coefficient (Wildman–Crippen LogP) is 3.67. The van der Waals surface area contributed by atoms with Crippen LogP contribution in [-0.4, -0.2) is 26.7 Å². The highest BCUT2D eigenvalue weighted by molar-refractivity contribution is 7.17. The van der Waals surface area contributed by atoms with E-state index in [1.165, 1.54) is 22.7 Å². The Morgan fingerprint density at radius 1 is 1.23 bits per heavy atom. The van der Waals surface area contributed by atoms with Crippen LogP contribution < -0.4 is 5.43 Å². The molecule has 0 aliphatic rings. The first-order chi connectivity index (χ1) is 12.4. The molecule has 2 aromatic heterocycles. The minimum Gasteiger partial charge on any atom is -0.508 e. The molecule has 1 aromatic carbocycles. The SMILES string of the molecule is C/C(=N\NC(=O)Cc1csc(C)n1)c1sc(-c2ccc(O)cc2)nc1C. The summed E-state index contributed by atoms with van der Waals surface area (Å²) in [5, 5.41) is 17.3. The Morgan fingerprint density at radius 3 is 2.62 bits per heavy atom. The minimum absolute atomic E-state index is 0.199. The molecule has 0 bridgehead atoms. The molecule has 0 aliphatic carbocycles. The average molecular weight is 387 g/mol. The van der Waals surface area contributed by atoms with Crippen LogP contribution in [-0.2, 0) is 11.2 Å². The van der Waals surface area contributed by atoms with Gasteiger partial charge in [0.1, 0.15) is 10.8 Å². The molecule has 134 valence electrons. The predicted molar refractivity (Wildman–Crippen MR) is 105 cm³/mol. The number of aryl methyl sites for hydroxylation is 2. The van der Waals surface area contributed by atoms with Crippen molar-refractivity contribution in [2.24, 2.45) is 5.10 Å². The van der Waals surface area contributed by atoms with Crippen molar-refractivity contribution in [1.82, 2.24) is 15.4 Å². The van der Waals surface area contributed by atoms with E-state index in [0.29, 0.717) is 5.71 Å². The highest BCUT2D eigenvalue weighted by Crippen LogP contribution is 2.29. The molecule has 3 rings (SSSR count). The van der Waals surface area contributed by atoms with Gasteiger partial charge in [-0.25, -0.2) is 15.4 Å². The molecule has 0 saturated carbocycles. The summed E-state index contributed by atoms with van der Waals surface area (Å²) in [7, 11) is 0. The molecule has 2 N–H and O–H groups in total. The summed E-state index contributed by atoms with van der Waals surface area (Å²) in [5.74, 6) is 0.0218. The highest BCUT2D eigenvalue weighted by atomic mass is 32.1. The van der Waals surface area contributed by atoms with E-state index in [0.717, 1.165) is 31.8 Å². The molecule has 6 nitrogen and oxygen atoms in total. The molecule has 0 atom stereocenters. The van der Waals surface area contributed by atoms with Crippen molar-refractivity contribution in [3.8, 4) is 16.3 Å². The lowest BCUT2D eigenvalue weighted by Crippen LogP contribution is -2.21. The highest BCUT2D eigenvalue weighted by Gasteiger charge is 2.13. The molecule has 26 heavy (non-hydrogen) atoms. The zero-order valence-electron chi connectivity index (χ0n) is 14.6. The number of amides is 1. The summed E-state index contributed by atoms with van der Waals surface area (Å²) in [6, 6.07) is 6.91. The van der Waals surface area contributed by atoms with Crippen LogP contribution in [0.1, 0.15) is 28.2 Å². The van der Waals surface area contributed by atoms with Gasteiger partial charge < -0.3 is 5.11 Å². The van der Waals surface area contributed by atoms with Crippen LogP contribution in [0.4, 0.5) is 0 Å². The van der Waals surface area contributed by atoms with Gasteiger partial charge in [0.25, 0.3) is 0 Å². The number of hydrogen-bond acceptors (Lipinski definition) is 7. The van der Waals surface area contributed by atoms with Crippen LogP contribution in [0.3, 0.4) is 0 Å². The summed E-state index contributed by atoms with van der Waals surface area (Å²) in [6.07, 6.45) is 0.210. The maximum atomic E-state index is 12.0. The Hall–Kier alpha value is -2.58. The molecular formula is C18H18N4O2S2. The van der Waals surface area contributed by atoms with E-state index >= 15 is 0 Å². The van der Waals surface area contributed by atoms with Gasteiger partial charge in [0, 0.05) is 10.9 Å². The number of phenolic OH excluding ortho intramolecular Hbond substituents is 1. The number of aromatic hydroxyl groups is 1. The number of phenols is 1. The Labute approximate surface area is 159 Å². The quantitative estimate of drug-likeness (QED) is 0.517. The maximum Gasteiger partial charge on any atom is 0.246 e. The lowest BCUT2D eigenvalue weighted by Gasteiger charge is -2.00. The Balaban J connectivity index is 1.70. The van der Waals surface area contributed by atoms with Gasteiger partial charge in [-0.05, 0) is 45.0 Å². The molecule has 0 radical (unpaired) electrons. The van der Waals surface area contributed by atoms with E-state index in [1.807, 2.05) is 38.3 Å². The fraction of sp³-hybridized carbons (Fsp3) is 0.222. The van der Waals surface area contributed by atoms with Crippen LogP contribution in [0.25, 0.3) is 10.6 Å². The van der Waals surface area contributed by atoms with Crippen molar-refractivity contribution in [1.29, 1.82) is 0 Å². The van der Waals surface area contributed by atoms with E-state index in [9.17, 15) is 9.90 Å². The van der Waals surface area contributed by atoms with Crippen LogP contribution in [0.5, 0.6) is 5.75 Å². The monoisotopic (exact) mass is 386 g/mol. The molecule has 0 fully saturated rings. The first-order valence-corrected chi connectivity index (χ1v) is 9.63. The van der Waals surface area contributed by atoms with Gasteiger partial charge in [0.15, 0.2) is 0 Å². The Bertz CT molecular complexity index is 958. The van der Waals surface area contributed by atoms with E-state index in [4.69, 9.17) is 0 Å². The van der Waals surface area contributed by atoms with Crippen molar-refractivity contribution >= 4 is 34.3 Å². The molecule has 0 unspecified atom stereocenters. The molecule has 0 aliphatic heterocycles. The summed E-state index contributed by atoms with van der Waals surface area (Å²) in [6.45, 7) is 5.66. The number of hydrogen-bond donors (Lipinski definition) is 2. The second kappa shape index (κ2) is 7.76. The van der Waals surface area contributed by atoms with E-state index in [1.54, 1.807) is 12.1 Å². The fourth-order valence-corrected chi connectivity index (χ4v) is 3.98. The topological polar surface area (TPSA) is 87.5 Å². The summed E-state index contributed by atoms with van der Waals surface area (Å²) in [4.78, 5) is 21.8. The third-order valence-corrected chi connectivity index (χ3v) is 5.73. The number of nitrogens with zero attached hydrogens (tertiary/aromatic N) is 3. The number of aromatic nitrogens is 2. The van der Waals surface area contributed by atoms with Crippen molar-refractivity contribution in [2.45, 2.75) is 27.2 Å². The van der Waals surface area contributed by atoms with Gasteiger partial charge in [-0.3, -0.25) is 4.79 Å². The molecule has 8 heteroatoms. The minimum atomic E-state index is -0.199. The first-order valence-electron chi connectivity index (χ1n) is 7.93. The third-order valence-electron chi connectivity index (χ3n) is 3.60. The fourth-order valence-electron chi connectivity index (χ4n) is 2.35. The Morgan fingerprint density at radius 2 is 1.96 bits per heavy atom. The van der Waals surface area contributed by atoms with E-state index < -0.39 is 0 Å². The first kappa shape index (κ1) is 18.2. The smallest absolute Gasteiger partial charge is 0.246 e. The van der Waals surface area contributed by atoms with Crippen LogP contribution in [0, 0.1) is 13.8 Å². The molecule has 3 aromatic rings. The normalized spacial score (nSPS) is 11.6. The van der Waals surface area contributed by atoms with E-state index in [2.05, 4.69) is 20.5 Å². The van der Waals surface area contributed by atoms with Gasteiger partial charge in [0.05, 0.1) is 33.4 Å². The average Bonchev–Trinajstić information content (AvgIpc) is 3.19. The molecule has 2 heterocycles. The Kier molecular flexibility index (Phi) is 5.43. The van der Waals surface area contributed by atoms with Crippen LogP contribution >= 0.6 is 22.7 Å². The lowest BCUT2D eigenvalue weighted by molar-refractivity contribution is -0.120. The molecule has 1 amide bonds. The van der Waals surface area contributed by atoms with Crippen molar-refractivity contribution in [2.75, 3.05) is 0 Å². The molecule has 0 spiro atoms. The van der Waals surface area contributed by atoms with Gasteiger partial charge in [-0.2, -0.15) is 5.10 Å². The largest absolute Gasteiger partial charge is 0.508 e. The number of hydrazone groups is 1. The summed E-state index contributed by atoms with van der Waals surface area (Å²) >= 11 is 3.02. The number of rotatable bonds is 5. The maximum absolute atomic E-state index is 12.0. The van der Waals surface area contributed by atoms with Crippen molar-refractivity contribution in [3.63, 3.8) is 0 Å².